The van der Waals surface area contributed by atoms with Crippen LogP contribution in [0.3, 0.4) is 0 Å². The Labute approximate surface area is 205 Å². The van der Waals surface area contributed by atoms with Crippen LogP contribution in [-0.4, -0.2) is 52.6 Å². The fourth-order valence-electron chi connectivity index (χ4n) is 5.97. The van der Waals surface area contributed by atoms with Gasteiger partial charge in [-0.3, -0.25) is 4.90 Å². The van der Waals surface area contributed by atoms with E-state index in [0.29, 0.717) is 23.9 Å². The van der Waals surface area contributed by atoms with Crippen LogP contribution in [0.15, 0.2) is 34.8 Å². The number of urea groups is 1. The van der Waals surface area contributed by atoms with Gasteiger partial charge >= 0.3 is 6.03 Å². The molecular weight excluding hydrogens is 478 g/mol. The molecule has 0 radical (unpaired) electrons. The summed E-state index contributed by atoms with van der Waals surface area (Å²) < 4.78 is 1.06. The lowest BCUT2D eigenvalue weighted by Gasteiger charge is -2.49. The summed E-state index contributed by atoms with van der Waals surface area (Å²) in [7, 11) is 0. The number of aryl methyl sites for hydroxylation is 1. The summed E-state index contributed by atoms with van der Waals surface area (Å²) in [5.74, 6) is 1.85. The number of amides is 2. The molecule has 2 N–H and O–H groups in total. The molecular formula is C26H34BrN5O. The predicted molar refractivity (Wildman–Crippen MR) is 134 cm³/mol. The third-order valence-electron chi connectivity index (χ3n) is 7.70. The van der Waals surface area contributed by atoms with Gasteiger partial charge in [-0.25, -0.2) is 14.8 Å². The van der Waals surface area contributed by atoms with Crippen molar-refractivity contribution in [2.75, 3.05) is 19.6 Å². The zero-order chi connectivity index (χ0) is 22.8. The lowest BCUT2D eigenvalue weighted by atomic mass is 9.74. The number of hydrogen-bond donors (Lipinski definition) is 2. The summed E-state index contributed by atoms with van der Waals surface area (Å²) >= 11 is 3.67. The molecule has 2 amide bonds. The Morgan fingerprint density at radius 1 is 1.15 bits per heavy atom. The van der Waals surface area contributed by atoms with Crippen molar-refractivity contribution in [3.63, 3.8) is 0 Å². The number of nitrogens with zero attached hydrogens (tertiary/aromatic N) is 3. The van der Waals surface area contributed by atoms with Crippen molar-refractivity contribution in [3.8, 4) is 11.3 Å². The molecule has 4 heterocycles. The first-order chi connectivity index (χ1) is 16.1. The van der Waals surface area contributed by atoms with E-state index in [1.807, 2.05) is 19.1 Å². The standard InChI is InChI=1S/C26H34BrN5O/c1-17-29-24(21-9-5-6-10-23(21)27)14-25(30-17)22-16-32-12-11-18(22)13-20(32)15-28-26(33)31-19-7-3-2-4-8-19/h5-6,9-10,14,18-20,22H,2-4,7-8,11-13,15-16H2,1H3,(H2,28,31,33)/t18-,20+,22-/m0/s1. The van der Waals surface area contributed by atoms with Gasteiger partial charge in [-0.1, -0.05) is 53.4 Å². The highest BCUT2D eigenvalue weighted by Crippen LogP contribution is 2.42. The van der Waals surface area contributed by atoms with E-state index in [9.17, 15) is 4.79 Å². The first-order valence-electron chi connectivity index (χ1n) is 12.5. The molecule has 2 bridgehead atoms. The fourth-order valence-corrected chi connectivity index (χ4v) is 6.45. The number of fused-ring (bicyclic) bond motifs is 3. The quantitative estimate of drug-likeness (QED) is 0.590. The van der Waals surface area contributed by atoms with Crippen molar-refractivity contribution in [3.05, 3.63) is 46.3 Å². The molecule has 6 nitrogen and oxygen atoms in total. The van der Waals surface area contributed by atoms with Crippen molar-refractivity contribution < 1.29 is 4.79 Å². The average molecular weight is 512 g/mol. The SMILES string of the molecule is Cc1nc(-c2ccccc2Br)cc([C@H]2CN3CC[C@H]2C[C@@H]3CNC(=O)NC2CCCCC2)n1. The first kappa shape index (κ1) is 22.8. The van der Waals surface area contributed by atoms with Crippen LogP contribution >= 0.6 is 15.9 Å². The maximum atomic E-state index is 12.4. The van der Waals surface area contributed by atoms with Gasteiger partial charge in [0.1, 0.15) is 5.82 Å². The monoisotopic (exact) mass is 511 g/mol. The number of rotatable bonds is 5. The van der Waals surface area contributed by atoms with Crippen LogP contribution < -0.4 is 10.6 Å². The predicted octanol–water partition coefficient (Wildman–Crippen LogP) is 5.02. The molecule has 1 saturated carbocycles. The second-order valence-electron chi connectivity index (χ2n) is 9.93. The van der Waals surface area contributed by atoms with E-state index in [1.54, 1.807) is 0 Å². The lowest BCUT2D eigenvalue weighted by molar-refractivity contribution is 0.0304. The van der Waals surface area contributed by atoms with Crippen LogP contribution in [0.4, 0.5) is 4.79 Å². The van der Waals surface area contributed by atoms with E-state index in [2.05, 4.69) is 49.7 Å². The Kier molecular flexibility index (Phi) is 6.97. The third-order valence-corrected chi connectivity index (χ3v) is 8.40. The number of piperidine rings is 3. The van der Waals surface area contributed by atoms with Gasteiger partial charge in [-0.05, 0) is 57.2 Å². The van der Waals surface area contributed by atoms with Gasteiger partial charge < -0.3 is 10.6 Å². The van der Waals surface area contributed by atoms with Gasteiger partial charge in [0.05, 0.1) is 5.69 Å². The minimum absolute atomic E-state index is 0.00519. The van der Waals surface area contributed by atoms with Gasteiger partial charge in [0.15, 0.2) is 0 Å². The Bertz CT molecular complexity index is 992. The molecule has 1 aliphatic carbocycles. The Hall–Kier alpha value is -1.99. The van der Waals surface area contributed by atoms with E-state index in [0.717, 1.165) is 66.1 Å². The average Bonchev–Trinajstić information content (AvgIpc) is 2.83. The highest BCUT2D eigenvalue weighted by Gasteiger charge is 2.41. The van der Waals surface area contributed by atoms with Crippen molar-refractivity contribution in [2.24, 2.45) is 5.92 Å². The number of benzene rings is 1. The van der Waals surface area contributed by atoms with Crippen LogP contribution in [0.25, 0.3) is 11.3 Å². The molecule has 1 aromatic heterocycles. The molecule has 3 aliphatic heterocycles. The maximum Gasteiger partial charge on any atom is 0.315 e. The fraction of sp³-hybridized carbons (Fsp3) is 0.577. The van der Waals surface area contributed by atoms with Crippen molar-refractivity contribution in [1.29, 1.82) is 0 Å². The highest BCUT2D eigenvalue weighted by atomic mass is 79.9. The largest absolute Gasteiger partial charge is 0.337 e. The third kappa shape index (κ3) is 5.24. The zero-order valence-corrected chi connectivity index (χ0v) is 21.0. The van der Waals surface area contributed by atoms with Crippen molar-refractivity contribution >= 4 is 22.0 Å². The van der Waals surface area contributed by atoms with Crippen LogP contribution in [-0.2, 0) is 0 Å². The maximum absolute atomic E-state index is 12.4. The summed E-state index contributed by atoms with van der Waals surface area (Å²) in [6, 6.07) is 11.2. The molecule has 3 saturated heterocycles. The summed E-state index contributed by atoms with van der Waals surface area (Å²) in [5, 5.41) is 6.34. The number of aromatic nitrogens is 2. The smallest absolute Gasteiger partial charge is 0.315 e. The summed E-state index contributed by atoms with van der Waals surface area (Å²) in [6.45, 7) is 4.83. The number of carbonyl (C=O) groups is 1. The molecule has 6 rings (SSSR count). The van der Waals surface area contributed by atoms with E-state index in [-0.39, 0.29) is 6.03 Å². The van der Waals surface area contributed by atoms with E-state index in [4.69, 9.17) is 9.97 Å². The van der Waals surface area contributed by atoms with E-state index >= 15 is 0 Å². The van der Waals surface area contributed by atoms with Crippen LogP contribution in [0, 0.1) is 12.8 Å². The first-order valence-corrected chi connectivity index (χ1v) is 13.2. The van der Waals surface area contributed by atoms with Gasteiger partial charge in [-0.15, -0.1) is 0 Å². The lowest BCUT2D eigenvalue weighted by Crippen LogP contribution is -2.57. The molecule has 1 aromatic carbocycles. The van der Waals surface area contributed by atoms with Gasteiger partial charge in [-0.2, -0.15) is 0 Å². The molecule has 7 heteroatoms. The highest BCUT2D eigenvalue weighted by molar-refractivity contribution is 9.10. The summed E-state index contributed by atoms with van der Waals surface area (Å²) in [6.07, 6.45) is 8.31. The Morgan fingerprint density at radius 2 is 1.97 bits per heavy atom. The second kappa shape index (κ2) is 10.1. The van der Waals surface area contributed by atoms with Crippen molar-refractivity contribution in [1.82, 2.24) is 25.5 Å². The zero-order valence-electron chi connectivity index (χ0n) is 19.4. The molecule has 0 spiro atoms. The second-order valence-corrected chi connectivity index (χ2v) is 10.8. The van der Waals surface area contributed by atoms with E-state index in [1.165, 1.54) is 25.7 Å². The number of hydrogen-bond acceptors (Lipinski definition) is 4. The number of halogens is 1. The van der Waals surface area contributed by atoms with E-state index < -0.39 is 0 Å². The minimum Gasteiger partial charge on any atom is -0.337 e. The van der Waals surface area contributed by atoms with Gasteiger partial charge in [0.25, 0.3) is 0 Å². The minimum atomic E-state index is 0.00519. The van der Waals surface area contributed by atoms with Gasteiger partial charge in [0, 0.05) is 46.8 Å². The molecule has 4 atom stereocenters. The van der Waals surface area contributed by atoms with Gasteiger partial charge in [0.2, 0.25) is 0 Å². The Balaban J connectivity index is 1.23. The topological polar surface area (TPSA) is 70.2 Å². The molecule has 4 fully saturated rings. The Morgan fingerprint density at radius 3 is 2.73 bits per heavy atom. The van der Waals surface area contributed by atoms with Crippen LogP contribution in [0.5, 0.6) is 0 Å². The summed E-state index contributed by atoms with van der Waals surface area (Å²) in [4.78, 5) is 24.6. The molecule has 2 aromatic rings. The number of nitrogens with one attached hydrogen (secondary N) is 2. The molecule has 176 valence electrons. The molecule has 33 heavy (non-hydrogen) atoms. The van der Waals surface area contributed by atoms with Crippen LogP contribution in [0.2, 0.25) is 0 Å². The normalized spacial score (nSPS) is 27.3. The van der Waals surface area contributed by atoms with Crippen LogP contribution in [0.1, 0.15) is 62.4 Å². The molecule has 4 aliphatic rings. The van der Waals surface area contributed by atoms with Crippen molar-refractivity contribution in [2.45, 2.75) is 69.9 Å². The summed E-state index contributed by atoms with van der Waals surface area (Å²) in [5.41, 5.74) is 3.25. The molecule has 1 unspecified atom stereocenters. The number of carbonyl (C=O) groups excluding carboxylic acids is 1.